The summed E-state index contributed by atoms with van der Waals surface area (Å²) in [7, 11) is 3.46. The molecule has 2 saturated heterocycles. The van der Waals surface area contributed by atoms with Gasteiger partial charge in [-0.25, -0.2) is 0 Å². The number of rotatable bonds is 27. The molecule has 2 aliphatic heterocycles. The van der Waals surface area contributed by atoms with Crippen LogP contribution in [0.1, 0.15) is 142 Å². The molecule has 0 saturated carbocycles. The number of hydrogen-bond donors (Lipinski definition) is 7. The fraction of sp³-hybridized carbons (Fsp3) is 0.974. The molecule has 52 heavy (non-hydrogen) atoms. The summed E-state index contributed by atoms with van der Waals surface area (Å²) in [5, 5.41) is 81.4. The van der Waals surface area contributed by atoms with Gasteiger partial charge < -0.3 is 64.5 Å². The number of esters is 1. The molecule has 2 aliphatic rings. The summed E-state index contributed by atoms with van der Waals surface area (Å²) in [6.07, 6.45) is 10.6. The summed E-state index contributed by atoms with van der Waals surface area (Å²) >= 11 is 0. The summed E-state index contributed by atoms with van der Waals surface area (Å²) in [6, 6.07) is 0. The number of carbonyl (C=O) groups excluding carboxylic acids is 1. The Morgan fingerprint density at radius 3 is 1.60 bits per heavy atom. The first kappa shape index (κ1) is 49.0. The molecule has 0 aromatic heterocycles. The summed E-state index contributed by atoms with van der Waals surface area (Å²) < 4.78 is 21.2. The number of hydrogen-bond acceptors (Lipinski definition) is 13. The van der Waals surface area contributed by atoms with Gasteiger partial charge in [0.25, 0.3) is 0 Å². The number of hydroxylamine groups is 3. The van der Waals surface area contributed by atoms with Crippen LogP contribution in [0.5, 0.6) is 0 Å². The van der Waals surface area contributed by atoms with Gasteiger partial charge in [0.1, 0.15) is 55.9 Å². The van der Waals surface area contributed by atoms with Crippen molar-refractivity contribution in [1.29, 1.82) is 0 Å². The number of quaternary nitrogens is 1. The molecular weight excluding hydrogens is 678 g/mol. The molecule has 0 aliphatic carbocycles. The Morgan fingerprint density at radius 2 is 1.15 bits per heavy atom. The van der Waals surface area contributed by atoms with Gasteiger partial charge in [-0.1, -0.05) is 117 Å². The van der Waals surface area contributed by atoms with Crippen LogP contribution in [0.4, 0.5) is 0 Å². The number of nitrogens with zero attached hydrogens (tertiary/aromatic N) is 1. The van der Waals surface area contributed by atoms with Crippen LogP contribution in [0.2, 0.25) is 0 Å². The molecule has 2 rings (SSSR count). The lowest BCUT2D eigenvalue weighted by molar-refractivity contribution is -0.840. The molecule has 14 nitrogen and oxygen atoms in total. The third-order valence-electron chi connectivity index (χ3n) is 9.83. The topological polar surface area (TPSA) is 219 Å². The minimum atomic E-state index is -2.27. The molecule has 9 atom stereocenters. The minimum Gasteiger partial charge on any atom is -0.633 e. The number of carbonyl (C=O) groups is 1. The van der Waals surface area contributed by atoms with Gasteiger partial charge in [0.2, 0.25) is 5.79 Å². The second-order valence-electron chi connectivity index (χ2n) is 15.1. The fourth-order valence-corrected chi connectivity index (χ4v) is 6.43. The first-order valence-corrected chi connectivity index (χ1v) is 20.1. The van der Waals surface area contributed by atoms with Crippen molar-refractivity contribution in [2.24, 2.45) is 0 Å². The highest BCUT2D eigenvalue weighted by atomic mass is 16.8. The van der Waals surface area contributed by atoms with Gasteiger partial charge in [-0.2, -0.15) is 0 Å². The lowest BCUT2D eigenvalue weighted by Gasteiger charge is -2.43. The third kappa shape index (κ3) is 19.0. The molecule has 14 heteroatoms. The maximum absolute atomic E-state index is 12.1. The van der Waals surface area contributed by atoms with Crippen LogP contribution in [-0.4, -0.2) is 142 Å². The van der Waals surface area contributed by atoms with Crippen molar-refractivity contribution < 1.29 is 64.1 Å². The Morgan fingerprint density at radius 1 is 0.673 bits per heavy atom. The van der Waals surface area contributed by atoms with Gasteiger partial charge >= 0.3 is 5.97 Å². The van der Waals surface area contributed by atoms with E-state index in [1.807, 2.05) is 0 Å². The normalized spacial score (nSPS) is 29.2. The predicted molar refractivity (Wildman–Crippen MR) is 197 cm³/mol. The van der Waals surface area contributed by atoms with E-state index in [4.69, 9.17) is 18.9 Å². The fourth-order valence-electron chi connectivity index (χ4n) is 6.43. The number of aliphatic hydroxyl groups excluding tert-OH is 7. The largest absolute Gasteiger partial charge is 0.633 e. The Hall–Kier alpha value is -1.01. The van der Waals surface area contributed by atoms with E-state index in [1.165, 1.54) is 89.9 Å². The van der Waals surface area contributed by atoms with Crippen LogP contribution in [0.3, 0.4) is 0 Å². The Labute approximate surface area is 312 Å². The monoisotopic (exact) mass is 754 g/mol. The van der Waals surface area contributed by atoms with Gasteiger partial charge in [-0.05, 0) is 19.3 Å². The first-order chi connectivity index (χ1) is 24.8. The van der Waals surface area contributed by atoms with Gasteiger partial charge in [0, 0.05) is 6.42 Å². The Balaban J connectivity index is 0.000000710. The van der Waals surface area contributed by atoms with E-state index in [1.54, 1.807) is 14.1 Å². The molecule has 0 amide bonds. The van der Waals surface area contributed by atoms with E-state index in [0.717, 1.165) is 32.2 Å². The average molecular weight is 754 g/mol. The standard InChI is InChI=1S/C24H44O12.C14H31NO/c1-2-3-4-5-6-7-8-9-10-11-17(27)33-13-16-18(28)20(30)21(31)23(34-16)36-24(14-26)22(32)19(29)15(12-25)35-24;1-4-5-6-7-8-9-10-11-12-13-14-15(2,3)16/h15-16,18-23,25-26,28-32H,2-14H2,1H3;4-14H2,1-3H3/t15-,16-,18-,19-,20+,21-,22+,23-,24+;/m1./s1. The molecule has 7 N–H and O–H groups in total. The van der Waals surface area contributed by atoms with Crippen LogP contribution in [-0.2, 0) is 23.7 Å². The molecule has 0 aromatic rings. The molecule has 0 bridgehead atoms. The quantitative estimate of drug-likeness (QED) is 0.0277. The number of unbranched alkanes of at least 4 members (excludes halogenated alkanes) is 17. The molecule has 0 unspecified atom stereocenters. The highest BCUT2D eigenvalue weighted by molar-refractivity contribution is 5.69. The maximum Gasteiger partial charge on any atom is 0.305 e. The SMILES string of the molecule is CCCCCCCCCCCC(=O)OC[C@H]1O[C@H](O[C@]2(CO)O[C@H](CO)[C@@H](O)[C@@H]2O)[C@H](O)[C@@H](O)[C@@H]1O.CCCCCCCCCCCC[N+](C)(C)[O-]. The van der Waals surface area contributed by atoms with Crippen LogP contribution in [0, 0.1) is 5.21 Å². The summed E-state index contributed by atoms with van der Waals surface area (Å²) in [5.74, 6) is -2.76. The molecule has 2 heterocycles. The lowest BCUT2D eigenvalue weighted by atomic mass is 9.99. The van der Waals surface area contributed by atoms with E-state index in [0.29, 0.717) is 6.42 Å². The van der Waals surface area contributed by atoms with Crippen LogP contribution in [0.25, 0.3) is 0 Å². The van der Waals surface area contributed by atoms with E-state index in [2.05, 4.69) is 13.8 Å². The van der Waals surface area contributed by atoms with E-state index >= 15 is 0 Å². The van der Waals surface area contributed by atoms with Crippen LogP contribution in [0.15, 0.2) is 0 Å². The van der Waals surface area contributed by atoms with Crippen molar-refractivity contribution in [2.75, 3.05) is 40.5 Å². The average Bonchev–Trinajstić information content (AvgIpc) is 3.36. The summed E-state index contributed by atoms with van der Waals surface area (Å²) in [5.41, 5.74) is 0. The maximum atomic E-state index is 12.1. The smallest absolute Gasteiger partial charge is 0.305 e. The molecule has 0 spiro atoms. The predicted octanol–water partition coefficient (Wildman–Crippen LogP) is 3.56. The van der Waals surface area contributed by atoms with Crippen molar-refractivity contribution in [3.63, 3.8) is 0 Å². The zero-order valence-corrected chi connectivity index (χ0v) is 32.6. The second kappa shape index (κ2) is 27.6. The molecule has 0 radical (unpaired) electrons. The third-order valence-corrected chi connectivity index (χ3v) is 9.83. The summed E-state index contributed by atoms with van der Waals surface area (Å²) in [6.45, 7) is 3.12. The van der Waals surface area contributed by atoms with Crippen molar-refractivity contribution in [3.05, 3.63) is 5.21 Å². The Bertz CT molecular complexity index is 893. The van der Waals surface area contributed by atoms with Crippen LogP contribution >= 0.6 is 0 Å². The van der Waals surface area contributed by atoms with Crippen molar-refractivity contribution in [1.82, 2.24) is 0 Å². The highest BCUT2D eigenvalue weighted by Gasteiger charge is 2.58. The zero-order valence-electron chi connectivity index (χ0n) is 32.6. The first-order valence-electron chi connectivity index (χ1n) is 20.1. The van der Waals surface area contributed by atoms with Gasteiger partial charge in [-0.15, -0.1) is 0 Å². The zero-order chi connectivity index (χ0) is 39.0. The minimum absolute atomic E-state index is 0.128. The second-order valence-corrected chi connectivity index (χ2v) is 15.1. The van der Waals surface area contributed by atoms with Crippen molar-refractivity contribution in [2.45, 2.75) is 197 Å². The van der Waals surface area contributed by atoms with Crippen molar-refractivity contribution >= 4 is 5.97 Å². The molecule has 2 fully saturated rings. The number of aliphatic hydroxyl groups is 7. The van der Waals surface area contributed by atoms with Crippen molar-refractivity contribution in [3.8, 4) is 0 Å². The summed E-state index contributed by atoms with van der Waals surface area (Å²) in [4.78, 5) is 12.1. The lowest BCUT2D eigenvalue weighted by Crippen LogP contribution is -2.62. The van der Waals surface area contributed by atoms with Crippen LogP contribution < -0.4 is 0 Å². The van der Waals surface area contributed by atoms with Gasteiger partial charge in [0.15, 0.2) is 6.29 Å². The Kier molecular flexibility index (Phi) is 26.0. The highest BCUT2D eigenvalue weighted by Crippen LogP contribution is 2.36. The van der Waals surface area contributed by atoms with Gasteiger partial charge in [0.05, 0.1) is 27.2 Å². The van der Waals surface area contributed by atoms with E-state index in [9.17, 15) is 45.7 Å². The molecule has 0 aromatic carbocycles. The van der Waals surface area contributed by atoms with Gasteiger partial charge in [-0.3, -0.25) is 4.79 Å². The molecule has 310 valence electrons. The van der Waals surface area contributed by atoms with E-state index in [-0.39, 0.29) is 11.1 Å². The van der Waals surface area contributed by atoms with E-state index < -0.39 is 80.6 Å². The number of ether oxygens (including phenoxy) is 4. The molecular formula is C38H75NO13.